The highest BCUT2D eigenvalue weighted by Crippen LogP contribution is 2.43. The lowest BCUT2D eigenvalue weighted by atomic mass is 9.78. The van der Waals surface area contributed by atoms with Crippen LogP contribution in [0.25, 0.3) is 0 Å². The van der Waals surface area contributed by atoms with Gasteiger partial charge in [-0.2, -0.15) is 0 Å². The Kier molecular flexibility index (Phi) is 4.77. The quantitative estimate of drug-likeness (QED) is 0.680. The fourth-order valence-electron chi connectivity index (χ4n) is 4.11. The first-order valence-corrected chi connectivity index (χ1v) is 10.2. The molecule has 0 spiro atoms. The Bertz CT molecular complexity index is 820. The highest BCUT2D eigenvalue weighted by molar-refractivity contribution is 9.10. The van der Waals surface area contributed by atoms with E-state index in [1.807, 2.05) is 35.2 Å². The molecule has 1 unspecified atom stereocenters. The molecule has 4 nitrogen and oxygen atoms in total. The van der Waals surface area contributed by atoms with E-state index in [2.05, 4.69) is 59.4 Å². The van der Waals surface area contributed by atoms with Gasteiger partial charge >= 0.3 is 6.03 Å². The molecule has 2 amide bonds. The fourth-order valence-corrected chi connectivity index (χ4v) is 4.38. The maximum Gasteiger partial charge on any atom is 0.318 e. The number of carbonyl (C=O) groups excluding carboxylic acids is 1. The van der Waals surface area contributed by atoms with E-state index >= 15 is 0 Å². The molecule has 0 aliphatic carbocycles. The van der Waals surface area contributed by atoms with Crippen molar-refractivity contribution in [3.05, 3.63) is 70.2 Å². The summed E-state index contributed by atoms with van der Waals surface area (Å²) in [5.41, 5.74) is 1.78. The van der Waals surface area contributed by atoms with Crippen molar-refractivity contribution in [1.29, 1.82) is 0 Å². The van der Waals surface area contributed by atoms with Crippen LogP contribution in [0.3, 0.4) is 0 Å². The lowest BCUT2D eigenvalue weighted by molar-refractivity contribution is 0.108. The molecule has 0 bridgehead atoms. The Morgan fingerprint density at radius 3 is 2.44 bits per heavy atom. The largest absolute Gasteiger partial charge is 0.370 e. The van der Waals surface area contributed by atoms with Crippen LogP contribution >= 0.6 is 15.9 Å². The normalized spacial score (nSPS) is 28.6. The van der Waals surface area contributed by atoms with Crippen LogP contribution in [-0.2, 0) is 10.3 Å². The Morgan fingerprint density at radius 2 is 1.85 bits per heavy atom. The molecule has 5 heteroatoms. The van der Waals surface area contributed by atoms with E-state index in [4.69, 9.17) is 4.74 Å². The number of carbonyl (C=O) groups is 1. The first kappa shape index (κ1) is 18.5. The number of nitrogens with zero attached hydrogens (tertiary/aromatic N) is 1. The van der Waals surface area contributed by atoms with Gasteiger partial charge in [-0.3, -0.25) is 0 Å². The van der Waals surface area contributed by atoms with Crippen molar-refractivity contribution in [3.63, 3.8) is 0 Å². The summed E-state index contributed by atoms with van der Waals surface area (Å²) in [6, 6.07) is 18.5. The van der Waals surface area contributed by atoms with Crippen LogP contribution in [0.2, 0.25) is 0 Å². The van der Waals surface area contributed by atoms with Crippen LogP contribution in [0, 0.1) is 0 Å². The van der Waals surface area contributed by atoms with E-state index in [0.717, 1.165) is 35.0 Å². The van der Waals surface area contributed by atoms with Crippen LogP contribution in [-0.4, -0.2) is 29.7 Å². The molecule has 3 atom stereocenters. The highest BCUT2D eigenvalue weighted by Gasteiger charge is 2.50. The molecule has 2 aliphatic rings. The molecular weight excluding hydrogens is 404 g/mol. The second-order valence-electron chi connectivity index (χ2n) is 7.96. The third-order valence-corrected chi connectivity index (χ3v) is 6.37. The molecule has 2 aromatic rings. The van der Waals surface area contributed by atoms with Crippen LogP contribution in [0.5, 0.6) is 0 Å². The lowest BCUT2D eigenvalue weighted by Crippen LogP contribution is -2.59. The predicted molar refractivity (Wildman–Crippen MR) is 110 cm³/mol. The highest BCUT2D eigenvalue weighted by atomic mass is 79.9. The van der Waals surface area contributed by atoms with Crippen molar-refractivity contribution >= 4 is 22.0 Å². The van der Waals surface area contributed by atoms with Crippen molar-refractivity contribution in [1.82, 2.24) is 10.2 Å². The molecule has 2 saturated heterocycles. The second-order valence-corrected chi connectivity index (χ2v) is 8.88. The molecule has 142 valence electrons. The van der Waals surface area contributed by atoms with Gasteiger partial charge in [-0.15, -0.1) is 0 Å². The minimum absolute atomic E-state index is 0.00947. The number of ether oxygens (including phenoxy) is 1. The topological polar surface area (TPSA) is 44.9 Å². The van der Waals surface area contributed by atoms with Crippen LogP contribution in [0.1, 0.15) is 43.9 Å². The smallest absolute Gasteiger partial charge is 0.318 e. The Morgan fingerprint density at radius 1 is 1.19 bits per heavy atom. The van der Waals surface area contributed by atoms with Gasteiger partial charge in [-0.1, -0.05) is 58.4 Å². The van der Waals surface area contributed by atoms with E-state index in [0.29, 0.717) is 6.54 Å². The van der Waals surface area contributed by atoms with E-state index in [1.54, 1.807) is 0 Å². The van der Waals surface area contributed by atoms with Crippen molar-refractivity contribution < 1.29 is 9.53 Å². The third-order valence-electron chi connectivity index (χ3n) is 5.85. The van der Waals surface area contributed by atoms with E-state index in [9.17, 15) is 4.79 Å². The molecule has 2 fully saturated rings. The average molecular weight is 429 g/mol. The Balaban J connectivity index is 1.57. The summed E-state index contributed by atoms with van der Waals surface area (Å²) in [7, 11) is 0. The molecular formula is C22H25BrN2O2. The molecule has 27 heavy (non-hydrogen) atoms. The summed E-state index contributed by atoms with van der Waals surface area (Å²) in [6.45, 7) is 5.69. The monoisotopic (exact) mass is 428 g/mol. The summed E-state index contributed by atoms with van der Waals surface area (Å²) in [6.07, 6.45) is 1.67. The van der Waals surface area contributed by atoms with Gasteiger partial charge in [-0.05, 0) is 43.5 Å². The van der Waals surface area contributed by atoms with Gasteiger partial charge in [0.1, 0.15) is 0 Å². The second kappa shape index (κ2) is 6.95. The molecule has 2 heterocycles. The van der Waals surface area contributed by atoms with Gasteiger partial charge in [0.2, 0.25) is 0 Å². The van der Waals surface area contributed by atoms with Gasteiger partial charge in [0.25, 0.3) is 0 Å². The molecule has 0 saturated carbocycles. The molecule has 2 aromatic carbocycles. The molecule has 0 radical (unpaired) electrons. The molecule has 4 rings (SSSR count). The zero-order chi connectivity index (χ0) is 19.1. The number of hydrogen-bond donors (Lipinski definition) is 1. The number of amides is 2. The average Bonchev–Trinajstić information content (AvgIpc) is 3.39. The number of hydrogen-bond acceptors (Lipinski definition) is 2. The molecule has 0 aromatic heterocycles. The number of nitrogens with one attached hydrogen (secondary N) is 1. The first-order chi connectivity index (χ1) is 12.9. The van der Waals surface area contributed by atoms with Crippen molar-refractivity contribution in [3.8, 4) is 0 Å². The number of rotatable bonds is 5. The number of benzene rings is 2. The first-order valence-electron chi connectivity index (χ1n) is 9.45. The summed E-state index contributed by atoms with van der Waals surface area (Å²) >= 11 is 3.47. The minimum Gasteiger partial charge on any atom is -0.370 e. The molecule has 1 N–H and O–H groups in total. The van der Waals surface area contributed by atoms with Gasteiger partial charge in [-0.25, -0.2) is 4.79 Å². The summed E-state index contributed by atoms with van der Waals surface area (Å²) in [5.74, 6) is 0. The summed E-state index contributed by atoms with van der Waals surface area (Å²) < 4.78 is 6.71. The van der Waals surface area contributed by atoms with Crippen molar-refractivity contribution in [2.24, 2.45) is 0 Å². The SMILES string of the molecule is C[C@@H](c1ccc(Br)cc1)N1CC[C@](CC2(C)CO2)(c2ccccc2)NC1=O. The van der Waals surface area contributed by atoms with E-state index in [-0.39, 0.29) is 23.2 Å². The third kappa shape index (κ3) is 3.76. The van der Waals surface area contributed by atoms with E-state index in [1.165, 1.54) is 0 Å². The number of epoxide rings is 1. The standard InChI is InChI=1S/C22H25BrN2O2/c1-16(17-8-10-19(23)11-9-17)25-13-12-22(24-20(25)26,14-21(2)15-27-21)18-6-4-3-5-7-18/h3-11,16H,12-15H2,1-2H3,(H,24,26)/t16-,21?,22-/m0/s1. The maximum atomic E-state index is 13.1. The van der Waals surface area contributed by atoms with Gasteiger partial charge < -0.3 is 15.0 Å². The minimum atomic E-state index is -0.375. The van der Waals surface area contributed by atoms with Crippen LogP contribution < -0.4 is 5.32 Å². The lowest BCUT2D eigenvalue weighted by Gasteiger charge is -2.45. The van der Waals surface area contributed by atoms with Crippen molar-refractivity contribution in [2.75, 3.05) is 13.2 Å². The van der Waals surface area contributed by atoms with Gasteiger partial charge in [0.05, 0.1) is 23.8 Å². The summed E-state index contributed by atoms with van der Waals surface area (Å²) in [5, 5.41) is 3.35. The maximum absolute atomic E-state index is 13.1. The summed E-state index contributed by atoms with van der Waals surface area (Å²) in [4.78, 5) is 15.1. The van der Waals surface area contributed by atoms with Crippen LogP contribution in [0.15, 0.2) is 59.1 Å². The zero-order valence-electron chi connectivity index (χ0n) is 15.7. The predicted octanol–water partition coefficient (Wildman–Crippen LogP) is 5.00. The Hall–Kier alpha value is -1.85. The zero-order valence-corrected chi connectivity index (χ0v) is 17.3. The van der Waals surface area contributed by atoms with Crippen molar-refractivity contribution in [2.45, 2.75) is 43.9 Å². The molecule has 2 aliphatic heterocycles. The van der Waals surface area contributed by atoms with E-state index < -0.39 is 0 Å². The van der Waals surface area contributed by atoms with Gasteiger partial charge in [0.15, 0.2) is 0 Å². The number of halogens is 1. The Labute approximate surface area is 169 Å². The van der Waals surface area contributed by atoms with Gasteiger partial charge in [0, 0.05) is 17.4 Å². The number of urea groups is 1. The fraction of sp³-hybridized carbons (Fsp3) is 0.409. The van der Waals surface area contributed by atoms with Crippen LogP contribution in [0.4, 0.5) is 4.79 Å².